The van der Waals surface area contributed by atoms with Gasteiger partial charge in [-0.2, -0.15) is 5.26 Å². The zero-order valence-corrected chi connectivity index (χ0v) is 12.6. The summed E-state index contributed by atoms with van der Waals surface area (Å²) in [6, 6.07) is 8.11. The summed E-state index contributed by atoms with van der Waals surface area (Å²) in [5.41, 5.74) is 0.821. The molecule has 0 saturated carbocycles. The second-order valence-corrected chi connectivity index (χ2v) is 5.28. The first kappa shape index (κ1) is 16.0. The van der Waals surface area contributed by atoms with Crippen LogP contribution in [0.25, 0.3) is 0 Å². The zero-order chi connectivity index (χ0) is 15.9. The fraction of sp³-hybridized carbons (Fsp3) is 0.375. The number of benzene rings is 1. The summed E-state index contributed by atoms with van der Waals surface area (Å²) in [6.07, 6.45) is 1.41. The number of carbonyl (C=O) groups is 1. The van der Waals surface area contributed by atoms with Gasteiger partial charge in [-0.05, 0) is 24.7 Å². The van der Waals surface area contributed by atoms with E-state index in [0.29, 0.717) is 19.6 Å². The maximum Gasteiger partial charge on any atom is 0.266 e. The second-order valence-electron chi connectivity index (χ2n) is 5.28. The number of amides is 1. The highest BCUT2D eigenvalue weighted by Gasteiger charge is 2.21. The minimum atomic E-state index is -0.308. The molecule has 1 aromatic rings. The first-order valence-corrected chi connectivity index (χ1v) is 7.16. The van der Waals surface area contributed by atoms with Crippen LogP contribution < -0.4 is 5.32 Å². The van der Waals surface area contributed by atoms with Crippen molar-refractivity contribution in [1.82, 2.24) is 15.1 Å². The van der Waals surface area contributed by atoms with Gasteiger partial charge < -0.3 is 15.1 Å². The van der Waals surface area contributed by atoms with Gasteiger partial charge in [-0.15, -0.1) is 0 Å². The van der Waals surface area contributed by atoms with Gasteiger partial charge in [-0.3, -0.25) is 4.79 Å². The number of likely N-dealkylation sites (N-methyl/N-ethyl adjacent to an activating group) is 1. The van der Waals surface area contributed by atoms with Crippen molar-refractivity contribution in [3.05, 3.63) is 47.4 Å². The molecular weight excluding hydrogens is 283 g/mol. The van der Waals surface area contributed by atoms with Gasteiger partial charge in [0.25, 0.3) is 5.91 Å². The average molecular weight is 302 g/mol. The molecule has 0 radical (unpaired) electrons. The van der Waals surface area contributed by atoms with Crippen LogP contribution in [-0.2, 0) is 11.3 Å². The summed E-state index contributed by atoms with van der Waals surface area (Å²) in [4.78, 5) is 16.1. The van der Waals surface area contributed by atoms with Crippen molar-refractivity contribution in [3.63, 3.8) is 0 Å². The lowest BCUT2D eigenvalue weighted by Crippen LogP contribution is -2.47. The van der Waals surface area contributed by atoms with E-state index in [-0.39, 0.29) is 17.3 Å². The van der Waals surface area contributed by atoms with Crippen molar-refractivity contribution < 1.29 is 9.18 Å². The normalized spacial score (nSPS) is 16.2. The van der Waals surface area contributed by atoms with Crippen molar-refractivity contribution >= 4 is 5.91 Å². The fourth-order valence-corrected chi connectivity index (χ4v) is 2.24. The Kier molecular flexibility index (Phi) is 5.50. The van der Waals surface area contributed by atoms with Crippen LogP contribution in [0, 0.1) is 17.1 Å². The van der Waals surface area contributed by atoms with Crippen LogP contribution in [-0.4, -0.2) is 48.9 Å². The van der Waals surface area contributed by atoms with Crippen molar-refractivity contribution in [1.29, 1.82) is 5.26 Å². The largest absolute Gasteiger partial charge is 0.386 e. The van der Waals surface area contributed by atoms with E-state index >= 15 is 0 Å². The van der Waals surface area contributed by atoms with Crippen molar-refractivity contribution in [2.24, 2.45) is 0 Å². The topological polar surface area (TPSA) is 59.4 Å². The van der Waals surface area contributed by atoms with Gasteiger partial charge in [0.2, 0.25) is 0 Å². The molecule has 2 rings (SSSR count). The third kappa shape index (κ3) is 4.30. The Hall–Kier alpha value is -2.39. The number of hydrogen-bond donors (Lipinski definition) is 1. The highest BCUT2D eigenvalue weighted by molar-refractivity contribution is 5.97. The molecule has 1 aliphatic rings. The molecule has 0 spiro atoms. The lowest BCUT2D eigenvalue weighted by atomic mass is 10.2. The van der Waals surface area contributed by atoms with Crippen LogP contribution in [0.3, 0.4) is 0 Å². The lowest BCUT2D eigenvalue weighted by molar-refractivity contribution is -0.128. The predicted octanol–water partition coefficient (Wildman–Crippen LogP) is 1.10. The van der Waals surface area contributed by atoms with E-state index in [0.717, 1.165) is 18.7 Å². The van der Waals surface area contributed by atoms with E-state index in [4.69, 9.17) is 5.26 Å². The highest BCUT2D eigenvalue weighted by Crippen LogP contribution is 2.06. The molecule has 1 amide bonds. The summed E-state index contributed by atoms with van der Waals surface area (Å²) >= 11 is 0. The molecule has 1 aliphatic heterocycles. The lowest BCUT2D eigenvalue weighted by Gasteiger charge is -2.32. The average Bonchev–Trinajstić information content (AvgIpc) is 2.52. The molecule has 0 atom stereocenters. The Balaban J connectivity index is 1.93. The monoisotopic (exact) mass is 302 g/mol. The van der Waals surface area contributed by atoms with Gasteiger partial charge in [-0.25, -0.2) is 4.39 Å². The number of piperazine rings is 1. The van der Waals surface area contributed by atoms with Gasteiger partial charge in [0.15, 0.2) is 0 Å². The molecule has 0 aliphatic carbocycles. The molecule has 1 N–H and O–H groups in total. The van der Waals surface area contributed by atoms with Gasteiger partial charge in [0.05, 0.1) is 0 Å². The number of halogens is 1. The van der Waals surface area contributed by atoms with Gasteiger partial charge in [-0.1, -0.05) is 12.1 Å². The van der Waals surface area contributed by atoms with Crippen LogP contribution >= 0.6 is 0 Å². The first-order valence-electron chi connectivity index (χ1n) is 7.16. The van der Waals surface area contributed by atoms with Crippen LogP contribution in [0.2, 0.25) is 0 Å². The van der Waals surface area contributed by atoms with E-state index in [1.54, 1.807) is 17.0 Å². The highest BCUT2D eigenvalue weighted by atomic mass is 19.1. The van der Waals surface area contributed by atoms with Crippen LogP contribution in [0.4, 0.5) is 4.39 Å². The summed E-state index contributed by atoms with van der Waals surface area (Å²) in [5.74, 6) is -0.570. The number of carbonyl (C=O) groups excluding carboxylic acids is 1. The summed E-state index contributed by atoms with van der Waals surface area (Å²) < 4.78 is 13.1. The molecule has 6 heteroatoms. The Morgan fingerprint density at radius 1 is 1.41 bits per heavy atom. The summed E-state index contributed by atoms with van der Waals surface area (Å²) in [7, 11) is 2.00. The Labute approximate surface area is 129 Å². The van der Waals surface area contributed by atoms with E-state index in [1.165, 1.54) is 18.3 Å². The number of hydrogen-bond acceptors (Lipinski definition) is 4. The minimum Gasteiger partial charge on any atom is -0.386 e. The molecular formula is C16H19FN4O. The third-order valence-electron chi connectivity index (χ3n) is 3.58. The smallest absolute Gasteiger partial charge is 0.266 e. The van der Waals surface area contributed by atoms with Gasteiger partial charge in [0, 0.05) is 38.9 Å². The number of rotatable bonds is 4. The maximum absolute atomic E-state index is 13.1. The molecule has 5 nitrogen and oxygen atoms in total. The SMILES string of the molecule is CN1CCN(C(=O)/C(C#N)=C\NCc2cccc(F)c2)CC1. The molecule has 1 aromatic carbocycles. The second kappa shape index (κ2) is 7.57. The molecule has 116 valence electrons. The molecule has 0 aromatic heterocycles. The quantitative estimate of drug-likeness (QED) is 0.668. The summed E-state index contributed by atoms with van der Waals surface area (Å²) in [5, 5.41) is 12.0. The first-order chi connectivity index (χ1) is 10.6. The van der Waals surface area contributed by atoms with Crippen molar-refractivity contribution in [3.8, 4) is 6.07 Å². The van der Waals surface area contributed by atoms with Crippen molar-refractivity contribution in [2.45, 2.75) is 6.54 Å². The van der Waals surface area contributed by atoms with Crippen molar-refractivity contribution in [2.75, 3.05) is 33.2 Å². The number of nitrogens with zero attached hydrogens (tertiary/aromatic N) is 3. The molecule has 1 heterocycles. The van der Waals surface area contributed by atoms with Crippen LogP contribution in [0.5, 0.6) is 0 Å². The van der Waals surface area contributed by atoms with E-state index in [1.807, 2.05) is 13.1 Å². The third-order valence-corrected chi connectivity index (χ3v) is 3.58. The molecule has 0 unspecified atom stereocenters. The van der Waals surface area contributed by atoms with E-state index in [2.05, 4.69) is 10.2 Å². The Bertz CT molecular complexity index is 600. The molecule has 1 saturated heterocycles. The molecule has 1 fully saturated rings. The minimum absolute atomic E-state index is 0.0703. The van der Waals surface area contributed by atoms with Gasteiger partial charge in [0.1, 0.15) is 17.5 Å². The maximum atomic E-state index is 13.1. The Morgan fingerprint density at radius 3 is 2.77 bits per heavy atom. The molecule has 22 heavy (non-hydrogen) atoms. The predicted molar refractivity (Wildman–Crippen MR) is 81.0 cm³/mol. The fourth-order valence-electron chi connectivity index (χ4n) is 2.24. The standard InChI is InChI=1S/C16H19FN4O/c1-20-5-7-21(8-6-20)16(22)14(10-18)12-19-11-13-3-2-4-15(17)9-13/h2-4,9,12,19H,5-8,11H2,1H3/b14-12-. The van der Waals surface area contributed by atoms with E-state index < -0.39 is 0 Å². The van der Waals surface area contributed by atoms with Gasteiger partial charge >= 0.3 is 0 Å². The number of nitriles is 1. The Morgan fingerprint density at radius 2 is 2.14 bits per heavy atom. The summed E-state index contributed by atoms with van der Waals surface area (Å²) in [6.45, 7) is 3.22. The number of nitrogens with one attached hydrogen (secondary N) is 1. The van der Waals surface area contributed by atoms with Crippen LogP contribution in [0.15, 0.2) is 36.0 Å². The molecule has 0 bridgehead atoms. The van der Waals surface area contributed by atoms with E-state index in [9.17, 15) is 9.18 Å². The zero-order valence-electron chi connectivity index (χ0n) is 12.6. The van der Waals surface area contributed by atoms with Crippen LogP contribution in [0.1, 0.15) is 5.56 Å².